The summed E-state index contributed by atoms with van der Waals surface area (Å²) >= 11 is 0. The number of carbonyl (C=O) groups excluding carboxylic acids is 1. The number of hydrogen-bond acceptors (Lipinski definition) is 2. The normalized spacial score (nSPS) is 11.4. The van der Waals surface area contributed by atoms with Gasteiger partial charge in [-0.3, -0.25) is 4.79 Å². The third-order valence-corrected chi connectivity index (χ3v) is 4.39. The lowest BCUT2D eigenvalue weighted by molar-refractivity contribution is 0.0984. The van der Waals surface area contributed by atoms with Crippen molar-refractivity contribution >= 4 is 22.3 Å². The van der Waals surface area contributed by atoms with Crippen LogP contribution in [0.25, 0.3) is 16.6 Å². The Labute approximate surface area is 140 Å². The molecule has 4 heteroatoms. The number of imidazole rings is 1. The van der Waals surface area contributed by atoms with E-state index in [0.717, 1.165) is 33.4 Å². The summed E-state index contributed by atoms with van der Waals surface area (Å²) in [5.41, 5.74) is 5.97. The molecule has 0 aliphatic carbocycles. The molecule has 120 valence electrons. The maximum Gasteiger partial charge on any atom is 0.163 e. The molecular formula is C20H19N3O. The molecule has 0 fully saturated rings. The van der Waals surface area contributed by atoms with E-state index in [-0.39, 0.29) is 5.78 Å². The van der Waals surface area contributed by atoms with E-state index < -0.39 is 0 Å². The highest BCUT2D eigenvalue weighted by molar-refractivity contribution is 6.07. The van der Waals surface area contributed by atoms with Crippen molar-refractivity contribution in [3.05, 3.63) is 71.3 Å². The van der Waals surface area contributed by atoms with Crippen LogP contribution in [0, 0.1) is 13.8 Å². The summed E-state index contributed by atoms with van der Waals surface area (Å²) in [6.45, 7) is 4.07. The number of fused-ring (bicyclic) bond motifs is 2. The van der Waals surface area contributed by atoms with Gasteiger partial charge in [-0.2, -0.15) is 0 Å². The van der Waals surface area contributed by atoms with Crippen molar-refractivity contribution in [3.8, 4) is 0 Å². The second kappa shape index (κ2) is 5.64. The Balaban J connectivity index is 1.57. The van der Waals surface area contributed by atoms with Gasteiger partial charge in [0.05, 0.1) is 5.69 Å². The van der Waals surface area contributed by atoms with Gasteiger partial charge in [0.25, 0.3) is 0 Å². The van der Waals surface area contributed by atoms with E-state index in [2.05, 4.69) is 35.1 Å². The Morgan fingerprint density at radius 1 is 1.17 bits per heavy atom. The molecular weight excluding hydrogens is 298 g/mol. The van der Waals surface area contributed by atoms with Crippen molar-refractivity contribution in [3.63, 3.8) is 0 Å². The minimum atomic E-state index is 0.163. The summed E-state index contributed by atoms with van der Waals surface area (Å²) in [6, 6.07) is 10.1. The fraction of sp³-hybridized carbons (Fsp3) is 0.200. The van der Waals surface area contributed by atoms with Gasteiger partial charge in [0.1, 0.15) is 5.65 Å². The zero-order valence-corrected chi connectivity index (χ0v) is 13.8. The smallest absolute Gasteiger partial charge is 0.163 e. The lowest BCUT2D eigenvalue weighted by Gasteiger charge is -2.04. The van der Waals surface area contributed by atoms with Crippen molar-refractivity contribution in [2.24, 2.45) is 0 Å². The van der Waals surface area contributed by atoms with Crippen LogP contribution in [0.2, 0.25) is 0 Å². The average molecular weight is 317 g/mol. The maximum atomic E-state index is 12.7. The number of pyridine rings is 1. The highest BCUT2D eigenvalue weighted by atomic mass is 16.1. The first kappa shape index (κ1) is 14.7. The number of nitrogens with zero attached hydrogens (tertiary/aromatic N) is 2. The molecule has 4 nitrogen and oxygen atoms in total. The third-order valence-electron chi connectivity index (χ3n) is 4.39. The zero-order valence-electron chi connectivity index (χ0n) is 13.8. The summed E-state index contributed by atoms with van der Waals surface area (Å²) in [4.78, 5) is 20.5. The molecule has 3 aromatic heterocycles. The van der Waals surface area contributed by atoms with E-state index >= 15 is 0 Å². The fourth-order valence-electron chi connectivity index (χ4n) is 3.18. The van der Waals surface area contributed by atoms with E-state index in [0.29, 0.717) is 12.8 Å². The molecule has 0 aliphatic heterocycles. The van der Waals surface area contributed by atoms with Crippen LogP contribution < -0.4 is 0 Å². The molecule has 1 aromatic carbocycles. The number of aromatic amines is 1. The van der Waals surface area contributed by atoms with Gasteiger partial charge in [-0.25, -0.2) is 4.98 Å². The average Bonchev–Trinajstić information content (AvgIpc) is 3.17. The van der Waals surface area contributed by atoms with Crippen LogP contribution in [0.15, 0.2) is 48.9 Å². The third kappa shape index (κ3) is 2.60. The Morgan fingerprint density at radius 2 is 2.04 bits per heavy atom. The molecule has 0 unspecified atom stereocenters. The second-order valence-electron chi connectivity index (χ2n) is 6.38. The molecule has 0 bridgehead atoms. The van der Waals surface area contributed by atoms with Gasteiger partial charge < -0.3 is 9.38 Å². The molecule has 0 atom stereocenters. The molecule has 3 heterocycles. The highest BCUT2D eigenvalue weighted by Crippen LogP contribution is 2.22. The summed E-state index contributed by atoms with van der Waals surface area (Å²) in [5, 5.41) is 0.997. The molecule has 0 radical (unpaired) electrons. The largest absolute Gasteiger partial charge is 0.361 e. The van der Waals surface area contributed by atoms with Gasteiger partial charge in [0.15, 0.2) is 5.78 Å². The van der Waals surface area contributed by atoms with Gasteiger partial charge in [-0.1, -0.05) is 0 Å². The molecule has 1 N–H and O–H groups in total. The fourth-order valence-corrected chi connectivity index (χ4v) is 3.18. The van der Waals surface area contributed by atoms with Gasteiger partial charge in [-0.05, 0) is 61.7 Å². The summed E-state index contributed by atoms with van der Waals surface area (Å²) in [5.74, 6) is 0.163. The topological polar surface area (TPSA) is 50.2 Å². The predicted molar refractivity (Wildman–Crippen MR) is 95.6 cm³/mol. The molecule has 0 saturated carbocycles. The molecule has 24 heavy (non-hydrogen) atoms. The molecule has 4 aromatic rings. The Hall–Kier alpha value is -2.88. The maximum absolute atomic E-state index is 12.7. The van der Waals surface area contributed by atoms with Crippen LogP contribution >= 0.6 is 0 Å². The van der Waals surface area contributed by atoms with E-state index in [4.69, 9.17) is 0 Å². The van der Waals surface area contributed by atoms with Gasteiger partial charge in [-0.15, -0.1) is 0 Å². The second-order valence-corrected chi connectivity index (χ2v) is 6.38. The SMILES string of the molecule is Cc1cc(C(=O)CCc2cn3ccc(C)cc3n2)c2cc[nH]c2c1. The van der Waals surface area contributed by atoms with Crippen LogP contribution in [0.3, 0.4) is 0 Å². The van der Waals surface area contributed by atoms with Crippen LogP contribution in [0.5, 0.6) is 0 Å². The number of H-pyrrole nitrogens is 1. The van der Waals surface area contributed by atoms with Crippen molar-refractivity contribution in [2.45, 2.75) is 26.7 Å². The van der Waals surface area contributed by atoms with Crippen molar-refractivity contribution in [2.75, 3.05) is 0 Å². The minimum Gasteiger partial charge on any atom is -0.361 e. The van der Waals surface area contributed by atoms with Crippen LogP contribution in [-0.4, -0.2) is 20.2 Å². The summed E-state index contributed by atoms with van der Waals surface area (Å²) < 4.78 is 2.00. The van der Waals surface area contributed by atoms with Crippen LogP contribution in [-0.2, 0) is 6.42 Å². The van der Waals surface area contributed by atoms with E-state index in [1.165, 1.54) is 5.56 Å². The molecule has 0 saturated heterocycles. The van der Waals surface area contributed by atoms with Gasteiger partial charge in [0, 0.05) is 41.5 Å². The van der Waals surface area contributed by atoms with Crippen molar-refractivity contribution in [1.82, 2.24) is 14.4 Å². The lowest BCUT2D eigenvalue weighted by Crippen LogP contribution is -2.02. The number of aromatic nitrogens is 3. The van der Waals surface area contributed by atoms with Crippen LogP contribution in [0.1, 0.15) is 33.6 Å². The zero-order chi connectivity index (χ0) is 16.7. The number of benzene rings is 1. The minimum absolute atomic E-state index is 0.163. The molecule has 0 aliphatic rings. The summed E-state index contributed by atoms with van der Waals surface area (Å²) in [7, 11) is 0. The standard InChI is InChI=1S/C20H19N3O/c1-13-6-8-23-12-15(22-20(23)11-13)3-4-19(24)17-9-14(2)10-18-16(17)5-7-21-18/h5-12,21H,3-4H2,1-2H3. The Kier molecular flexibility index (Phi) is 3.45. The van der Waals surface area contributed by atoms with E-state index in [1.54, 1.807) is 0 Å². The first-order valence-electron chi connectivity index (χ1n) is 8.15. The number of rotatable bonds is 4. The van der Waals surface area contributed by atoms with Gasteiger partial charge in [0.2, 0.25) is 0 Å². The van der Waals surface area contributed by atoms with Crippen molar-refractivity contribution in [1.29, 1.82) is 0 Å². The molecule has 4 rings (SSSR count). The molecule has 0 amide bonds. The quantitative estimate of drug-likeness (QED) is 0.572. The highest BCUT2D eigenvalue weighted by Gasteiger charge is 2.13. The number of aryl methyl sites for hydroxylation is 3. The van der Waals surface area contributed by atoms with E-state index in [9.17, 15) is 4.79 Å². The monoisotopic (exact) mass is 317 g/mol. The van der Waals surface area contributed by atoms with Gasteiger partial charge >= 0.3 is 0 Å². The number of hydrogen-bond donors (Lipinski definition) is 1. The number of ketones is 1. The number of carbonyl (C=O) groups is 1. The summed E-state index contributed by atoms with van der Waals surface area (Å²) in [6.07, 6.45) is 7.01. The number of Topliss-reactive ketones (excluding diaryl/α,β-unsaturated/α-hetero) is 1. The lowest BCUT2D eigenvalue weighted by atomic mass is 10.00. The van der Waals surface area contributed by atoms with Crippen molar-refractivity contribution < 1.29 is 4.79 Å². The first-order valence-corrected chi connectivity index (χ1v) is 8.15. The Bertz CT molecular complexity index is 1060. The molecule has 0 spiro atoms. The Morgan fingerprint density at radius 3 is 2.92 bits per heavy atom. The number of nitrogens with one attached hydrogen (secondary N) is 1. The first-order chi connectivity index (χ1) is 11.6. The van der Waals surface area contributed by atoms with E-state index in [1.807, 2.05) is 42.0 Å². The predicted octanol–water partition coefficient (Wildman–Crippen LogP) is 4.25. The van der Waals surface area contributed by atoms with Crippen LogP contribution in [0.4, 0.5) is 0 Å².